The third kappa shape index (κ3) is 4.44. The Morgan fingerprint density at radius 3 is 2.53 bits per heavy atom. The van der Waals surface area contributed by atoms with Gasteiger partial charge in [-0.15, -0.1) is 11.3 Å². The van der Waals surface area contributed by atoms with Gasteiger partial charge in [0.1, 0.15) is 10.8 Å². The molecule has 0 aliphatic carbocycles. The maximum Gasteiger partial charge on any atom is 0.290 e. The lowest BCUT2D eigenvalue weighted by Crippen LogP contribution is -2.42. The third-order valence-electron chi connectivity index (χ3n) is 4.49. The van der Waals surface area contributed by atoms with E-state index in [9.17, 15) is 18.8 Å². The number of rotatable bonds is 4. The zero-order chi connectivity index (χ0) is 22.7. The first-order chi connectivity index (χ1) is 15.4. The van der Waals surface area contributed by atoms with Gasteiger partial charge in [-0.3, -0.25) is 25.2 Å². The highest BCUT2D eigenvalue weighted by Gasteiger charge is 2.15. The van der Waals surface area contributed by atoms with Crippen LogP contribution in [0.4, 0.5) is 4.39 Å². The number of amides is 2. The van der Waals surface area contributed by atoms with Crippen LogP contribution >= 0.6 is 11.3 Å². The number of carbonyl (C=O) groups is 2. The van der Waals surface area contributed by atoms with Gasteiger partial charge in [0, 0.05) is 29.5 Å². The van der Waals surface area contributed by atoms with E-state index in [4.69, 9.17) is 0 Å². The molecule has 0 fully saturated rings. The van der Waals surface area contributed by atoms with Crippen molar-refractivity contribution in [3.8, 4) is 10.6 Å². The molecule has 0 saturated heterocycles. The highest BCUT2D eigenvalue weighted by Crippen LogP contribution is 2.24. The van der Waals surface area contributed by atoms with Crippen LogP contribution in [-0.2, 0) is 11.8 Å². The topological polar surface area (TPSA) is 106 Å². The average molecular weight is 449 g/mol. The molecule has 2 heterocycles. The van der Waals surface area contributed by atoms with E-state index in [-0.39, 0.29) is 17.1 Å². The van der Waals surface area contributed by atoms with Crippen molar-refractivity contribution in [3.63, 3.8) is 0 Å². The van der Waals surface area contributed by atoms with Crippen LogP contribution in [0.3, 0.4) is 0 Å². The van der Waals surface area contributed by atoms with Crippen molar-refractivity contribution >= 4 is 40.0 Å². The molecule has 0 aliphatic heterocycles. The largest absolute Gasteiger partial charge is 0.290 e. The molecular weight excluding hydrogens is 433 g/mol. The van der Waals surface area contributed by atoms with Crippen LogP contribution in [0.1, 0.15) is 16.2 Å². The highest BCUT2D eigenvalue weighted by molar-refractivity contribution is 7.13. The molecule has 2 N–H and O–H groups in total. The molecule has 0 radical (unpaired) electrons. The smallest absolute Gasteiger partial charge is 0.268 e. The SMILES string of the molecule is Cn1nc(C(=O)NNC(=O)/C=C/c2csc(-c3ccc(F)cc3)n2)c2ccccc2c1=O. The summed E-state index contributed by atoms with van der Waals surface area (Å²) in [6, 6.07) is 12.6. The zero-order valence-corrected chi connectivity index (χ0v) is 17.5. The standard InChI is InChI=1S/C22H16FN5O3S/c1-28-22(31)17-5-3-2-4-16(17)19(27-28)20(30)26-25-18(29)11-10-15-12-32-21(24-15)13-6-8-14(23)9-7-13/h2-12H,1H3,(H,25,29)(H,26,30)/b11-10+. The van der Waals surface area contributed by atoms with Gasteiger partial charge in [0.25, 0.3) is 17.4 Å². The summed E-state index contributed by atoms with van der Waals surface area (Å²) in [6.45, 7) is 0. The monoisotopic (exact) mass is 449 g/mol. The Kier molecular flexibility index (Phi) is 5.86. The number of halogens is 1. The molecule has 0 aliphatic rings. The first kappa shape index (κ1) is 21.1. The summed E-state index contributed by atoms with van der Waals surface area (Å²) in [4.78, 5) is 41.2. The van der Waals surface area contributed by atoms with Crippen LogP contribution in [-0.4, -0.2) is 26.6 Å². The normalized spacial score (nSPS) is 11.1. The van der Waals surface area contributed by atoms with Crippen molar-refractivity contribution in [2.24, 2.45) is 7.05 Å². The van der Waals surface area contributed by atoms with E-state index in [2.05, 4.69) is 20.9 Å². The van der Waals surface area contributed by atoms with Crippen LogP contribution < -0.4 is 16.4 Å². The summed E-state index contributed by atoms with van der Waals surface area (Å²) in [5.41, 5.74) is 5.56. The molecule has 4 rings (SSSR count). The maximum absolute atomic E-state index is 13.0. The summed E-state index contributed by atoms with van der Waals surface area (Å²) >= 11 is 1.36. The Morgan fingerprint density at radius 1 is 1.06 bits per heavy atom. The van der Waals surface area contributed by atoms with Crippen LogP contribution in [0.2, 0.25) is 0 Å². The van der Waals surface area contributed by atoms with E-state index >= 15 is 0 Å². The van der Waals surface area contributed by atoms with Crippen LogP contribution in [0.5, 0.6) is 0 Å². The number of carbonyl (C=O) groups excluding carboxylic acids is 2. The second-order valence-corrected chi connectivity index (χ2v) is 7.54. The summed E-state index contributed by atoms with van der Waals surface area (Å²) < 4.78 is 14.1. The van der Waals surface area contributed by atoms with E-state index < -0.39 is 11.8 Å². The van der Waals surface area contributed by atoms with Gasteiger partial charge in [0.2, 0.25) is 0 Å². The fourth-order valence-electron chi connectivity index (χ4n) is 2.94. The summed E-state index contributed by atoms with van der Waals surface area (Å²) in [5.74, 6) is -1.57. The van der Waals surface area contributed by atoms with Crippen molar-refractivity contribution in [1.29, 1.82) is 0 Å². The number of nitrogens with one attached hydrogen (secondary N) is 2. The summed E-state index contributed by atoms with van der Waals surface area (Å²) in [5, 5.41) is 7.17. The van der Waals surface area contributed by atoms with Gasteiger partial charge >= 0.3 is 0 Å². The molecular formula is C22H16FN5O3S. The van der Waals surface area contributed by atoms with Gasteiger partial charge in [0.05, 0.1) is 11.1 Å². The fourth-order valence-corrected chi connectivity index (χ4v) is 3.73. The predicted molar refractivity (Wildman–Crippen MR) is 119 cm³/mol. The van der Waals surface area contributed by atoms with E-state index in [1.807, 2.05) is 0 Å². The van der Waals surface area contributed by atoms with Crippen molar-refractivity contribution in [1.82, 2.24) is 25.6 Å². The molecule has 0 unspecified atom stereocenters. The number of hydrogen-bond acceptors (Lipinski definition) is 6. The Bertz CT molecular complexity index is 1410. The zero-order valence-electron chi connectivity index (χ0n) is 16.7. The molecule has 160 valence electrons. The molecule has 0 spiro atoms. The van der Waals surface area contributed by atoms with Crippen molar-refractivity contribution in [2.75, 3.05) is 0 Å². The lowest BCUT2D eigenvalue weighted by Gasteiger charge is -2.08. The minimum absolute atomic E-state index is 0.00965. The number of nitrogens with zero attached hydrogens (tertiary/aromatic N) is 3. The molecule has 0 bridgehead atoms. The second-order valence-electron chi connectivity index (χ2n) is 6.68. The van der Waals surface area contributed by atoms with Crippen LogP contribution in [0.25, 0.3) is 27.4 Å². The number of aryl methyl sites for hydroxylation is 1. The Labute approximate surface area is 185 Å². The average Bonchev–Trinajstić information content (AvgIpc) is 3.28. The minimum Gasteiger partial charge on any atom is -0.268 e. The van der Waals surface area contributed by atoms with E-state index in [1.165, 1.54) is 42.7 Å². The molecule has 2 aromatic heterocycles. The molecule has 10 heteroatoms. The van der Waals surface area contributed by atoms with Gasteiger partial charge in [-0.05, 0) is 36.4 Å². The lowest BCUT2D eigenvalue weighted by molar-refractivity contribution is -0.117. The van der Waals surface area contributed by atoms with Gasteiger partial charge < -0.3 is 0 Å². The predicted octanol–water partition coefficient (Wildman–Crippen LogP) is 2.67. The quantitative estimate of drug-likeness (QED) is 0.368. The highest BCUT2D eigenvalue weighted by atomic mass is 32.1. The minimum atomic E-state index is -0.661. The number of aromatic nitrogens is 3. The fraction of sp³-hybridized carbons (Fsp3) is 0.0455. The molecule has 2 amide bonds. The van der Waals surface area contributed by atoms with Crippen molar-refractivity contribution in [2.45, 2.75) is 0 Å². The van der Waals surface area contributed by atoms with Crippen LogP contribution in [0, 0.1) is 5.82 Å². The number of thiazole rings is 1. The maximum atomic E-state index is 13.0. The third-order valence-corrected chi connectivity index (χ3v) is 5.40. The van der Waals surface area contributed by atoms with Gasteiger partial charge in [-0.2, -0.15) is 5.10 Å². The number of benzene rings is 2. The first-order valence-corrected chi connectivity index (χ1v) is 10.3. The van der Waals surface area contributed by atoms with Gasteiger partial charge in [0.15, 0.2) is 5.69 Å². The van der Waals surface area contributed by atoms with E-state index in [1.54, 1.807) is 41.8 Å². The Hall–Kier alpha value is -4.18. The van der Waals surface area contributed by atoms with E-state index in [0.717, 1.165) is 10.2 Å². The lowest BCUT2D eigenvalue weighted by atomic mass is 10.1. The molecule has 2 aromatic carbocycles. The van der Waals surface area contributed by atoms with Crippen molar-refractivity contribution < 1.29 is 14.0 Å². The Morgan fingerprint density at radius 2 is 1.78 bits per heavy atom. The summed E-state index contributed by atoms with van der Waals surface area (Å²) in [7, 11) is 1.45. The molecule has 32 heavy (non-hydrogen) atoms. The molecule has 0 saturated carbocycles. The first-order valence-electron chi connectivity index (χ1n) is 9.38. The summed E-state index contributed by atoms with van der Waals surface area (Å²) in [6.07, 6.45) is 2.71. The number of hydrogen-bond donors (Lipinski definition) is 2. The molecule has 0 atom stereocenters. The van der Waals surface area contributed by atoms with E-state index in [0.29, 0.717) is 21.5 Å². The van der Waals surface area contributed by atoms with Gasteiger partial charge in [-0.1, -0.05) is 18.2 Å². The van der Waals surface area contributed by atoms with Gasteiger partial charge in [-0.25, -0.2) is 14.1 Å². The second kappa shape index (κ2) is 8.90. The van der Waals surface area contributed by atoms with Crippen LogP contribution in [0.15, 0.2) is 64.8 Å². The molecule has 8 nitrogen and oxygen atoms in total. The van der Waals surface area contributed by atoms with Crippen molar-refractivity contribution in [3.05, 3.63) is 87.5 Å². The Balaban J connectivity index is 1.41. The number of hydrazine groups is 1. The molecule has 4 aromatic rings. The number of fused-ring (bicyclic) bond motifs is 1.